The Bertz CT molecular complexity index is 1550. The Kier molecular flexibility index (Phi) is 5.89. The van der Waals surface area contributed by atoms with Crippen LogP contribution in [0.1, 0.15) is 17.2 Å². The zero-order valence-electron chi connectivity index (χ0n) is 19.0. The van der Waals surface area contributed by atoms with Gasteiger partial charge in [-0.1, -0.05) is 23.5 Å². The third-order valence-corrected chi connectivity index (χ3v) is 6.85. The van der Waals surface area contributed by atoms with E-state index in [0.29, 0.717) is 21.5 Å². The highest BCUT2D eigenvalue weighted by atomic mass is 32.1. The van der Waals surface area contributed by atoms with Gasteiger partial charge in [-0.15, -0.1) is 0 Å². The summed E-state index contributed by atoms with van der Waals surface area (Å²) in [6, 6.07) is 12.7. The Morgan fingerprint density at radius 3 is 2.42 bits per heavy atom. The number of halogens is 2. The van der Waals surface area contributed by atoms with Gasteiger partial charge in [-0.2, -0.15) is 0 Å². The number of aliphatic hydroxyl groups excluding tert-OH is 1. The number of Topliss-reactive ketones (excluding diaryl/α,β-unsaturated/α-hetero) is 1. The average Bonchev–Trinajstić information content (AvgIpc) is 3.40. The highest BCUT2D eigenvalue weighted by molar-refractivity contribution is 7.22. The van der Waals surface area contributed by atoms with Crippen LogP contribution in [0.5, 0.6) is 11.5 Å². The predicted octanol–water partition coefficient (Wildman–Crippen LogP) is 5.22. The van der Waals surface area contributed by atoms with Gasteiger partial charge in [0.05, 0.1) is 30.0 Å². The third-order valence-electron chi connectivity index (χ3n) is 5.84. The molecule has 1 saturated heterocycles. The summed E-state index contributed by atoms with van der Waals surface area (Å²) in [5.74, 6) is -2.80. The molecule has 0 unspecified atom stereocenters. The molecule has 0 aliphatic carbocycles. The van der Waals surface area contributed by atoms with Crippen LogP contribution in [0.4, 0.5) is 13.9 Å². The number of hydrogen-bond acceptors (Lipinski definition) is 7. The molecule has 2 heterocycles. The lowest BCUT2D eigenvalue weighted by Crippen LogP contribution is -2.29. The van der Waals surface area contributed by atoms with Crippen molar-refractivity contribution in [2.24, 2.45) is 0 Å². The van der Waals surface area contributed by atoms with Crippen LogP contribution in [0, 0.1) is 11.6 Å². The number of ether oxygens (including phenoxy) is 2. The van der Waals surface area contributed by atoms with Gasteiger partial charge in [0.1, 0.15) is 23.4 Å². The monoisotopic (exact) mass is 508 g/mol. The molecule has 0 saturated carbocycles. The lowest BCUT2D eigenvalue weighted by Gasteiger charge is -2.25. The summed E-state index contributed by atoms with van der Waals surface area (Å²) in [5, 5.41) is 11.3. The van der Waals surface area contributed by atoms with Gasteiger partial charge in [0.15, 0.2) is 16.6 Å². The number of methoxy groups -OCH3 is 2. The molecule has 10 heteroatoms. The van der Waals surface area contributed by atoms with Crippen molar-refractivity contribution in [1.82, 2.24) is 4.98 Å². The van der Waals surface area contributed by atoms with Crippen LogP contribution in [-0.4, -0.2) is 36.0 Å². The predicted molar refractivity (Wildman–Crippen MR) is 130 cm³/mol. The standard InChI is InChI=1S/C26H18F2N2O5S/c1-34-18-5-3-4-16(24(18)35-2)21-20(22(31)13-6-8-14(27)9-7-13)23(32)25(33)30(21)26-29-17-11-10-15(28)12-19(17)36-26/h3-12,21,31H,1-2H3/t21-/m1/s1. The van der Waals surface area contributed by atoms with Crippen molar-refractivity contribution in [3.8, 4) is 11.5 Å². The molecule has 3 aromatic carbocycles. The molecule has 0 radical (unpaired) electrons. The maximum absolute atomic E-state index is 13.8. The zero-order chi connectivity index (χ0) is 25.6. The first-order valence-electron chi connectivity index (χ1n) is 10.7. The molecule has 4 aromatic rings. The first-order valence-corrected chi connectivity index (χ1v) is 11.5. The molecule has 1 atom stereocenters. The number of carbonyl (C=O) groups is 2. The van der Waals surface area contributed by atoms with E-state index >= 15 is 0 Å². The third kappa shape index (κ3) is 3.75. The second-order valence-corrected chi connectivity index (χ2v) is 8.88. The van der Waals surface area contributed by atoms with Gasteiger partial charge in [0.2, 0.25) is 0 Å². The smallest absolute Gasteiger partial charge is 0.301 e. The van der Waals surface area contributed by atoms with Crippen molar-refractivity contribution in [2.75, 3.05) is 19.1 Å². The number of fused-ring (bicyclic) bond motifs is 1. The van der Waals surface area contributed by atoms with E-state index in [-0.39, 0.29) is 22.0 Å². The number of aliphatic hydroxyl groups is 1. The highest BCUT2D eigenvalue weighted by Crippen LogP contribution is 2.48. The van der Waals surface area contributed by atoms with Crippen LogP contribution >= 0.6 is 11.3 Å². The number of aromatic nitrogens is 1. The summed E-state index contributed by atoms with van der Waals surface area (Å²) in [6.07, 6.45) is 0. The van der Waals surface area contributed by atoms with E-state index in [1.165, 1.54) is 44.6 Å². The Labute approximate surface area is 207 Å². The molecule has 0 spiro atoms. The fourth-order valence-electron chi connectivity index (χ4n) is 4.20. The molecule has 1 aliphatic heterocycles. The van der Waals surface area contributed by atoms with Gasteiger partial charge >= 0.3 is 5.91 Å². The van der Waals surface area contributed by atoms with E-state index in [2.05, 4.69) is 4.98 Å². The number of rotatable bonds is 5. The molecule has 1 amide bonds. The van der Waals surface area contributed by atoms with Crippen molar-refractivity contribution < 1.29 is 33.0 Å². The summed E-state index contributed by atoms with van der Waals surface area (Å²) in [7, 11) is 2.85. The number of thiazole rings is 1. The van der Waals surface area contributed by atoms with Crippen LogP contribution < -0.4 is 14.4 Å². The largest absolute Gasteiger partial charge is 0.507 e. The van der Waals surface area contributed by atoms with E-state index in [1.807, 2.05) is 0 Å². The molecule has 36 heavy (non-hydrogen) atoms. The summed E-state index contributed by atoms with van der Waals surface area (Å²) in [4.78, 5) is 32.3. The maximum atomic E-state index is 13.8. The maximum Gasteiger partial charge on any atom is 0.301 e. The van der Waals surface area contributed by atoms with Crippen molar-refractivity contribution in [3.05, 3.63) is 89.0 Å². The Hall–Kier alpha value is -4.31. The van der Waals surface area contributed by atoms with Crippen molar-refractivity contribution in [1.29, 1.82) is 0 Å². The molecule has 1 fully saturated rings. The van der Waals surface area contributed by atoms with E-state index in [9.17, 15) is 23.5 Å². The summed E-state index contributed by atoms with van der Waals surface area (Å²) in [5.41, 5.74) is 0.703. The minimum atomic E-state index is -1.16. The molecule has 7 nitrogen and oxygen atoms in total. The zero-order valence-corrected chi connectivity index (χ0v) is 19.8. The van der Waals surface area contributed by atoms with Crippen molar-refractivity contribution >= 4 is 44.1 Å². The molecular formula is C26H18F2N2O5S. The van der Waals surface area contributed by atoms with Crippen LogP contribution in [-0.2, 0) is 9.59 Å². The first kappa shape index (κ1) is 23.4. The van der Waals surface area contributed by atoms with Crippen molar-refractivity contribution in [2.45, 2.75) is 6.04 Å². The van der Waals surface area contributed by atoms with E-state index in [0.717, 1.165) is 28.4 Å². The van der Waals surface area contributed by atoms with Gasteiger partial charge in [-0.05, 0) is 48.5 Å². The number of carbonyl (C=O) groups excluding carboxylic acids is 2. The molecule has 1 aliphatic rings. The summed E-state index contributed by atoms with van der Waals surface area (Å²) < 4.78 is 38.8. The quantitative estimate of drug-likeness (QED) is 0.226. The van der Waals surface area contributed by atoms with Crippen LogP contribution in [0.15, 0.2) is 66.2 Å². The molecule has 1 N–H and O–H groups in total. The minimum Gasteiger partial charge on any atom is -0.507 e. The number of ketones is 1. The molecule has 0 bridgehead atoms. The topological polar surface area (TPSA) is 89.0 Å². The number of anilines is 1. The average molecular weight is 509 g/mol. The van der Waals surface area contributed by atoms with Gasteiger partial charge in [0.25, 0.3) is 5.78 Å². The summed E-state index contributed by atoms with van der Waals surface area (Å²) >= 11 is 1.02. The second-order valence-electron chi connectivity index (χ2n) is 7.87. The minimum absolute atomic E-state index is 0.130. The van der Waals surface area contributed by atoms with E-state index in [1.54, 1.807) is 18.2 Å². The van der Waals surface area contributed by atoms with Gasteiger partial charge in [0, 0.05) is 11.1 Å². The van der Waals surface area contributed by atoms with Crippen LogP contribution in [0.25, 0.3) is 16.0 Å². The van der Waals surface area contributed by atoms with Gasteiger partial charge in [-0.25, -0.2) is 13.8 Å². The lowest BCUT2D eigenvalue weighted by atomic mass is 9.94. The normalized spacial score (nSPS) is 17.1. The lowest BCUT2D eigenvalue weighted by molar-refractivity contribution is -0.132. The highest BCUT2D eigenvalue weighted by Gasteiger charge is 2.49. The van der Waals surface area contributed by atoms with Crippen LogP contribution in [0.3, 0.4) is 0 Å². The molecule has 182 valence electrons. The summed E-state index contributed by atoms with van der Waals surface area (Å²) in [6.45, 7) is 0. The fraction of sp³-hybridized carbons (Fsp3) is 0.115. The number of nitrogens with zero attached hydrogens (tertiary/aromatic N) is 2. The second kappa shape index (κ2) is 9.04. The van der Waals surface area contributed by atoms with Gasteiger partial charge < -0.3 is 14.6 Å². The van der Waals surface area contributed by atoms with Crippen LogP contribution in [0.2, 0.25) is 0 Å². The Morgan fingerprint density at radius 2 is 1.72 bits per heavy atom. The van der Waals surface area contributed by atoms with E-state index in [4.69, 9.17) is 9.47 Å². The number of amides is 1. The molecular weight excluding hydrogens is 490 g/mol. The SMILES string of the molecule is COc1cccc([C@@H]2C(=C(O)c3ccc(F)cc3)C(=O)C(=O)N2c2nc3ccc(F)cc3s2)c1OC. The number of benzene rings is 3. The van der Waals surface area contributed by atoms with Crippen molar-refractivity contribution in [3.63, 3.8) is 0 Å². The fourth-order valence-corrected chi connectivity index (χ4v) is 5.22. The molecule has 1 aromatic heterocycles. The molecule has 5 rings (SSSR count). The van der Waals surface area contributed by atoms with E-state index < -0.39 is 35.1 Å². The van der Waals surface area contributed by atoms with Gasteiger partial charge in [-0.3, -0.25) is 14.5 Å². The Balaban J connectivity index is 1.79. The first-order chi connectivity index (χ1) is 17.3. The number of para-hydroxylation sites is 1. The Morgan fingerprint density at radius 1 is 1.00 bits per heavy atom. The number of hydrogen-bond donors (Lipinski definition) is 1.